The first-order valence-electron chi connectivity index (χ1n) is 14.4. The second-order valence-corrected chi connectivity index (χ2v) is 11.4. The lowest BCUT2D eigenvalue weighted by Gasteiger charge is -2.28. The third-order valence-electron chi connectivity index (χ3n) is 7.48. The van der Waals surface area contributed by atoms with E-state index >= 15 is 0 Å². The van der Waals surface area contributed by atoms with E-state index in [1.807, 2.05) is 38.1 Å². The summed E-state index contributed by atoms with van der Waals surface area (Å²) >= 11 is 0. The number of rotatable bonds is 5. The van der Waals surface area contributed by atoms with Gasteiger partial charge in [0.05, 0.1) is 12.1 Å². The number of para-hydroxylation sites is 1. The second kappa shape index (κ2) is 14.4. The van der Waals surface area contributed by atoms with Crippen molar-refractivity contribution in [2.24, 2.45) is 11.8 Å². The van der Waals surface area contributed by atoms with Gasteiger partial charge < -0.3 is 31.1 Å². The molecular formula is C31H41FN4O5. The van der Waals surface area contributed by atoms with Crippen LogP contribution < -0.4 is 26.0 Å². The second-order valence-electron chi connectivity index (χ2n) is 11.4. The predicted molar refractivity (Wildman–Crippen MR) is 153 cm³/mol. The molecule has 10 heteroatoms. The van der Waals surface area contributed by atoms with Crippen molar-refractivity contribution in [1.82, 2.24) is 21.3 Å². The van der Waals surface area contributed by atoms with Crippen molar-refractivity contribution in [2.75, 3.05) is 19.7 Å². The lowest BCUT2D eigenvalue weighted by Crippen LogP contribution is -2.58. The number of hydrogen-bond donors (Lipinski definition) is 5. The van der Waals surface area contributed by atoms with Crippen molar-refractivity contribution < 1.29 is 28.6 Å². The average molecular weight is 569 g/mol. The van der Waals surface area contributed by atoms with Crippen LogP contribution in [0, 0.1) is 17.7 Å². The van der Waals surface area contributed by atoms with Crippen LogP contribution in [0.2, 0.25) is 0 Å². The van der Waals surface area contributed by atoms with Crippen molar-refractivity contribution in [3.63, 3.8) is 0 Å². The maximum absolute atomic E-state index is 13.9. The Balaban J connectivity index is 1.58. The molecule has 1 fully saturated rings. The van der Waals surface area contributed by atoms with Crippen LogP contribution in [0.25, 0.3) is 0 Å². The van der Waals surface area contributed by atoms with Gasteiger partial charge >= 0.3 is 0 Å². The number of nitrogens with one attached hydrogen (secondary N) is 4. The molecule has 2 aromatic carbocycles. The minimum atomic E-state index is -0.888. The molecule has 0 bridgehead atoms. The van der Waals surface area contributed by atoms with Crippen LogP contribution in [0.1, 0.15) is 44.2 Å². The Kier molecular flexibility index (Phi) is 10.7. The summed E-state index contributed by atoms with van der Waals surface area (Å²) in [4.78, 5) is 40.1. The van der Waals surface area contributed by atoms with Crippen LogP contribution >= 0.6 is 0 Å². The van der Waals surface area contributed by atoms with Gasteiger partial charge in [-0.05, 0) is 54.0 Å². The van der Waals surface area contributed by atoms with Crippen LogP contribution in [0.4, 0.5) is 4.39 Å². The molecule has 4 rings (SSSR count). The summed E-state index contributed by atoms with van der Waals surface area (Å²) in [5, 5.41) is 22.4. The summed E-state index contributed by atoms with van der Waals surface area (Å²) in [7, 11) is 0. The highest BCUT2D eigenvalue weighted by atomic mass is 19.1. The zero-order valence-corrected chi connectivity index (χ0v) is 23.7. The van der Waals surface area contributed by atoms with Gasteiger partial charge in [-0.25, -0.2) is 4.39 Å². The summed E-state index contributed by atoms with van der Waals surface area (Å²) in [6, 6.07) is 11.0. The standard InChI is InChI=1S/C31H41FN4O5/c1-19(2)28-31(40)35-26(15-20-10-11-20)29(38)34-18-24(37)17-22-7-3-4-9-27(22)41-13-12-33-25(30(39)36-28)16-21-6-5-8-23(32)14-21/h3-9,14,19-20,24-26,28,33,37H,10-13,15-18H2,1-2H3,(H,34,38)(H,35,40)(H,36,39)/t24-,25-,26+,28-/m1/s1. The third kappa shape index (κ3) is 9.26. The molecule has 4 atom stereocenters. The lowest BCUT2D eigenvalue weighted by molar-refractivity contribution is -0.133. The normalized spacial score (nSPS) is 25.1. The SMILES string of the molecule is CC(C)[C@H]1NC(=O)[C@@H](Cc2cccc(F)c2)NCCOc2ccccc2C[C@@H](O)CNC(=O)[C@H](CC2CC2)NC1=O. The number of aliphatic hydroxyl groups excluding tert-OH is 1. The number of carbonyl (C=O) groups is 3. The van der Waals surface area contributed by atoms with E-state index in [1.165, 1.54) is 12.1 Å². The van der Waals surface area contributed by atoms with Crippen LogP contribution in [0.15, 0.2) is 48.5 Å². The molecule has 0 spiro atoms. The molecule has 3 amide bonds. The number of hydrogen-bond acceptors (Lipinski definition) is 6. The number of fused-ring (bicyclic) bond motifs is 1. The molecule has 0 unspecified atom stereocenters. The molecule has 9 nitrogen and oxygen atoms in total. The smallest absolute Gasteiger partial charge is 0.243 e. The van der Waals surface area contributed by atoms with Crippen molar-refractivity contribution in [3.8, 4) is 5.75 Å². The molecular weight excluding hydrogens is 527 g/mol. The maximum Gasteiger partial charge on any atom is 0.243 e. The topological polar surface area (TPSA) is 129 Å². The minimum absolute atomic E-state index is 0.0257. The molecule has 5 N–H and O–H groups in total. The highest BCUT2D eigenvalue weighted by Gasteiger charge is 2.34. The molecule has 1 aliphatic heterocycles. The summed E-state index contributed by atoms with van der Waals surface area (Å²) < 4.78 is 19.9. The molecule has 222 valence electrons. The number of halogens is 1. The zero-order valence-electron chi connectivity index (χ0n) is 23.7. The zero-order chi connectivity index (χ0) is 29.4. The van der Waals surface area contributed by atoms with Gasteiger partial charge in [-0.3, -0.25) is 14.4 Å². The molecule has 1 aliphatic carbocycles. The van der Waals surface area contributed by atoms with E-state index in [-0.39, 0.29) is 37.8 Å². The Morgan fingerprint density at radius 1 is 0.976 bits per heavy atom. The average Bonchev–Trinajstić information content (AvgIpc) is 3.76. The maximum atomic E-state index is 13.9. The quantitative estimate of drug-likeness (QED) is 0.375. The Morgan fingerprint density at radius 2 is 1.76 bits per heavy atom. The highest BCUT2D eigenvalue weighted by molar-refractivity contribution is 5.93. The van der Waals surface area contributed by atoms with Gasteiger partial charge in [0.1, 0.15) is 30.3 Å². The van der Waals surface area contributed by atoms with Crippen molar-refractivity contribution in [1.29, 1.82) is 0 Å². The molecule has 1 heterocycles. The number of aliphatic hydroxyl groups is 1. The first kappa shape index (κ1) is 30.5. The molecule has 2 aliphatic rings. The number of amides is 3. The highest BCUT2D eigenvalue weighted by Crippen LogP contribution is 2.33. The van der Waals surface area contributed by atoms with Crippen molar-refractivity contribution >= 4 is 17.7 Å². The fraction of sp³-hybridized carbons (Fsp3) is 0.516. The van der Waals surface area contributed by atoms with E-state index < -0.39 is 41.9 Å². The van der Waals surface area contributed by atoms with Gasteiger partial charge in [0, 0.05) is 19.5 Å². The fourth-order valence-electron chi connectivity index (χ4n) is 5.00. The van der Waals surface area contributed by atoms with Crippen LogP contribution in [-0.4, -0.2) is 66.8 Å². The molecule has 0 radical (unpaired) electrons. The Hall–Kier alpha value is -3.50. The number of benzene rings is 2. The number of carbonyl (C=O) groups excluding carboxylic acids is 3. The summed E-state index contributed by atoms with van der Waals surface area (Å²) in [6.45, 7) is 4.21. The van der Waals surface area contributed by atoms with Crippen LogP contribution in [0.5, 0.6) is 5.75 Å². The number of β-amino-alcohol motifs (C(OH)–C–C–N with tert-alkyl or cyclic N) is 1. The van der Waals surface area contributed by atoms with Crippen LogP contribution in [-0.2, 0) is 27.2 Å². The fourth-order valence-corrected chi connectivity index (χ4v) is 5.00. The molecule has 1 saturated carbocycles. The predicted octanol–water partition coefficient (Wildman–Crippen LogP) is 1.86. The van der Waals surface area contributed by atoms with E-state index in [4.69, 9.17) is 4.74 Å². The molecule has 2 aromatic rings. The van der Waals surface area contributed by atoms with E-state index in [2.05, 4.69) is 21.3 Å². The van der Waals surface area contributed by atoms with Crippen LogP contribution in [0.3, 0.4) is 0 Å². The summed E-state index contributed by atoms with van der Waals surface area (Å²) in [6.07, 6.45) is 2.10. The van der Waals surface area contributed by atoms with E-state index in [9.17, 15) is 23.9 Å². The monoisotopic (exact) mass is 568 g/mol. The van der Waals surface area contributed by atoms with E-state index in [0.29, 0.717) is 30.2 Å². The molecule has 41 heavy (non-hydrogen) atoms. The Bertz CT molecular complexity index is 1200. The van der Waals surface area contributed by atoms with Gasteiger partial charge in [-0.2, -0.15) is 0 Å². The van der Waals surface area contributed by atoms with Gasteiger partial charge in [0.15, 0.2) is 0 Å². The summed E-state index contributed by atoms with van der Waals surface area (Å²) in [5.74, 6) is -0.922. The van der Waals surface area contributed by atoms with Gasteiger partial charge in [-0.15, -0.1) is 0 Å². The first-order chi connectivity index (χ1) is 19.7. The molecule has 0 aromatic heterocycles. The van der Waals surface area contributed by atoms with E-state index in [1.54, 1.807) is 12.1 Å². The lowest BCUT2D eigenvalue weighted by atomic mass is 10.00. The van der Waals surface area contributed by atoms with Gasteiger partial charge in [0.25, 0.3) is 0 Å². The van der Waals surface area contributed by atoms with Gasteiger partial charge in [-0.1, -0.05) is 57.0 Å². The largest absolute Gasteiger partial charge is 0.492 e. The number of ether oxygens (including phenoxy) is 1. The van der Waals surface area contributed by atoms with Crippen molar-refractivity contribution in [3.05, 3.63) is 65.5 Å². The Labute approximate surface area is 240 Å². The Morgan fingerprint density at radius 3 is 2.49 bits per heavy atom. The minimum Gasteiger partial charge on any atom is -0.492 e. The third-order valence-corrected chi connectivity index (χ3v) is 7.48. The van der Waals surface area contributed by atoms with Gasteiger partial charge in [0.2, 0.25) is 17.7 Å². The summed E-state index contributed by atoms with van der Waals surface area (Å²) in [5.41, 5.74) is 1.42. The first-order valence-corrected chi connectivity index (χ1v) is 14.4. The molecule has 0 saturated heterocycles. The van der Waals surface area contributed by atoms with E-state index in [0.717, 1.165) is 18.4 Å². The van der Waals surface area contributed by atoms with Crippen molar-refractivity contribution in [2.45, 2.75) is 70.2 Å².